The van der Waals surface area contributed by atoms with Gasteiger partial charge in [-0.3, -0.25) is 14.9 Å². The number of nitrogens with one attached hydrogen (secondary N) is 2. The highest BCUT2D eigenvalue weighted by Crippen LogP contribution is 2.26. The maximum atomic E-state index is 12.5. The van der Waals surface area contributed by atoms with Crippen molar-refractivity contribution in [3.63, 3.8) is 0 Å². The zero-order valence-corrected chi connectivity index (χ0v) is 15.8. The number of aryl methyl sites for hydroxylation is 1. The van der Waals surface area contributed by atoms with Crippen LogP contribution in [0.4, 0.5) is 11.4 Å². The van der Waals surface area contributed by atoms with E-state index in [0.29, 0.717) is 5.56 Å². The highest BCUT2D eigenvalue weighted by Gasteiger charge is 2.21. The maximum absolute atomic E-state index is 12.5. The third kappa shape index (κ3) is 4.60. The fourth-order valence-corrected chi connectivity index (χ4v) is 3.58. The summed E-state index contributed by atoms with van der Waals surface area (Å²) in [5.74, 6) is -0.506. The summed E-state index contributed by atoms with van der Waals surface area (Å²) in [4.78, 5) is 22.7. The second-order valence-corrected chi connectivity index (χ2v) is 7.31. The van der Waals surface area contributed by atoms with Crippen LogP contribution in [0.3, 0.4) is 0 Å². The molecule has 2 aromatic rings. The Morgan fingerprint density at radius 1 is 1.22 bits per heavy atom. The molecule has 0 aliphatic rings. The number of anilines is 1. The van der Waals surface area contributed by atoms with E-state index in [9.17, 15) is 23.3 Å². The Kier molecular flexibility index (Phi) is 6.13. The predicted octanol–water partition coefficient (Wildman–Crippen LogP) is 2.46. The molecule has 0 spiro atoms. The van der Waals surface area contributed by atoms with E-state index in [-0.39, 0.29) is 34.1 Å². The van der Waals surface area contributed by atoms with Crippen LogP contribution in [0, 0.1) is 17.0 Å². The van der Waals surface area contributed by atoms with Crippen molar-refractivity contribution < 1.29 is 22.9 Å². The van der Waals surface area contributed by atoms with Gasteiger partial charge >= 0.3 is 0 Å². The Balaban J connectivity index is 2.40. The minimum atomic E-state index is -3.85. The molecule has 0 saturated heterocycles. The Hall–Kier alpha value is -2.98. The summed E-state index contributed by atoms with van der Waals surface area (Å²) in [5, 5.41) is 13.5. The monoisotopic (exact) mass is 393 g/mol. The van der Waals surface area contributed by atoms with Crippen molar-refractivity contribution in [2.75, 3.05) is 19.0 Å². The zero-order chi connectivity index (χ0) is 20.2. The largest absolute Gasteiger partial charge is 0.495 e. The van der Waals surface area contributed by atoms with Crippen LogP contribution < -0.4 is 14.8 Å². The molecule has 1 amide bonds. The number of carbonyl (C=O) groups excluding carboxylic acids is 1. The van der Waals surface area contributed by atoms with E-state index in [1.807, 2.05) is 0 Å². The van der Waals surface area contributed by atoms with Gasteiger partial charge in [0.25, 0.3) is 11.6 Å². The molecule has 2 N–H and O–H groups in total. The van der Waals surface area contributed by atoms with Crippen LogP contribution in [0.1, 0.15) is 22.8 Å². The summed E-state index contributed by atoms with van der Waals surface area (Å²) < 4.78 is 32.1. The number of rotatable bonds is 7. The lowest BCUT2D eigenvalue weighted by Gasteiger charge is -2.12. The Morgan fingerprint density at radius 3 is 2.52 bits per heavy atom. The van der Waals surface area contributed by atoms with Gasteiger partial charge in [0.1, 0.15) is 10.6 Å². The molecule has 0 radical (unpaired) electrons. The number of amides is 1. The smallest absolute Gasteiger partial charge is 0.271 e. The summed E-state index contributed by atoms with van der Waals surface area (Å²) in [6.45, 7) is 3.49. The molecule has 144 valence electrons. The SMILES string of the molecule is CCNS(=O)(=O)c1cc(C(=O)Nc2cc([N+](=O)[O-])ccc2C)ccc1OC. The lowest BCUT2D eigenvalue weighted by atomic mass is 10.1. The number of ether oxygens (including phenoxy) is 1. The van der Waals surface area contributed by atoms with Crippen molar-refractivity contribution in [2.24, 2.45) is 0 Å². The lowest BCUT2D eigenvalue weighted by Crippen LogP contribution is -2.24. The van der Waals surface area contributed by atoms with E-state index < -0.39 is 20.9 Å². The first-order valence-electron chi connectivity index (χ1n) is 7.93. The first-order chi connectivity index (χ1) is 12.7. The van der Waals surface area contributed by atoms with Crippen LogP contribution in [0.15, 0.2) is 41.3 Å². The van der Waals surface area contributed by atoms with Crippen LogP contribution in [0.25, 0.3) is 0 Å². The molecule has 10 heteroatoms. The number of carbonyl (C=O) groups is 1. The summed E-state index contributed by atoms with van der Waals surface area (Å²) in [6.07, 6.45) is 0. The third-order valence-corrected chi connectivity index (χ3v) is 5.30. The highest BCUT2D eigenvalue weighted by molar-refractivity contribution is 7.89. The Bertz CT molecular complexity index is 988. The molecule has 9 nitrogen and oxygen atoms in total. The molecule has 2 rings (SSSR count). The first kappa shape index (κ1) is 20.3. The summed E-state index contributed by atoms with van der Waals surface area (Å²) in [7, 11) is -2.53. The molecule has 0 unspecified atom stereocenters. The van der Waals surface area contributed by atoms with Gasteiger partial charge in [0.15, 0.2) is 0 Å². The molecule has 27 heavy (non-hydrogen) atoms. The topological polar surface area (TPSA) is 128 Å². The van der Waals surface area contributed by atoms with Crippen LogP contribution in [0.5, 0.6) is 5.75 Å². The van der Waals surface area contributed by atoms with E-state index in [4.69, 9.17) is 4.74 Å². The second-order valence-electron chi connectivity index (χ2n) is 5.58. The minimum absolute atomic E-state index is 0.0678. The van der Waals surface area contributed by atoms with Gasteiger partial charge in [0.05, 0.1) is 17.7 Å². The van der Waals surface area contributed by atoms with Gasteiger partial charge in [-0.05, 0) is 30.7 Å². The third-order valence-electron chi connectivity index (χ3n) is 3.73. The first-order valence-corrected chi connectivity index (χ1v) is 9.42. The molecule has 2 aromatic carbocycles. The summed E-state index contributed by atoms with van der Waals surface area (Å²) in [5.41, 5.74) is 0.795. The molecule has 0 aromatic heterocycles. The van der Waals surface area contributed by atoms with Crippen molar-refractivity contribution in [1.82, 2.24) is 4.72 Å². The number of nitro benzene ring substituents is 1. The fourth-order valence-electron chi connectivity index (χ4n) is 2.35. The standard InChI is InChI=1S/C17H19N3O6S/c1-4-18-27(24,25)16-9-12(6-8-15(16)26-3)17(21)19-14-10-13(20(22)23)7-5-11(14)2/h5-10,18H,4H2,1-3H3,(H,19,21). The second kappa shape index (κ2) is 8.14. The molecule has 0 bridgehead atoms. The number of nitrogens with zero attached hydrogens (tertiary/aromatic N) is 1. The average molecular weight is 393 g/mol. The fraction of sp³-hybridized carbons (Fsp3) is 0.235. The van der Waals surface area contributed by atoms with Crippen molar-refractivity contribution in [2.45, 2.75) is 18.7 Å². The zero-order valence-electron chi connectivity index (χ0n) is 15.0. The van der Waals surface area contributed by atoms with E-state index >= 15 is 0 Å². The minimum Gasteiger partial charge on any atom is -0.495 e. The summed E-state index contributed by atoms with van der Waals surface area (Å²) in [6, 6.07) is 8.07. The van der Waals surface area contributed by atoms with Crippen molar-refractivity contribution in [3.8, 4) is 5.75 Å². The van der Waals surface area contributed by atoms with E-state index in [1.165, 1.54) is 43.5 Å². The summed E-state index contributed by atoms with van der Waals surface area (Å²) >= 11 is 0. The number of sulfonamides is 1. The van der Waals surface area contributed by atoms with Gasteiger partial charge in [-0.25, -0.2) is 13.1 Å². The molecule has 0 aliphatic carbocycles. The maximum Gasteiger partial charge on any atom is 0.271 e. The number of benzene rings is 2. The number of nitro groups is 1. The van der Waals surface area contributed by atoms with Crippen molar-refractivity contribution in [1.29, 1.82) is 0 Å². The van der Waals surface area contributed by atoms with Gasteiger partial charge in [-0.1, -0.05) is 13.0 Å². The Labute approximate surface area is 156 Å². The lowest BCUT2D eigenvalue weighted by molar-refractivity contribution is -0.384. The van der Waals surface area contributed by atoms with Crippen LogP contribution in [0.2, 0.25) is 0 Å². The predicted molar refractivity (Wildman–Crippen MR) is 99.6 cm³/mol. The van der Waals surface area contributed by atoms with Crippen LogP contribution in [-0.2, 0) is 10.0 Å². The molecule has 0 aliphatic heterocycles. The molecule has 0 fully saturated rings. The number of non-ortho nitro benzene ring substituents is 1. The normalized spacial score (nSPS) is 11.1. The van der Waals surface area contributed by atoms with Gasteiger partial charge in [-0.15, -0.1) is 0 Å². The molecule has 0 saturated carbocycles. The van der Waals surface area contributed by atoms with E-state index in [0.717, 1.165) is 0 Å². The van der Waals surface area contributed by atoms with Gasteiger partial charge in [-0.2, -0.15) is 0 Å². The van der Waals surface area contributed by atoms with Gasteiger partial charge < -0.3 is 10.1 Å². The van der Waals surface area contributed by atoms with Crippen molar-refractivity contribution >= 4 is 27.3 Å². The van der Waals surface area contributed by atoms with Crippen LogP contribution in [-0.4, -0.2) is 32.9 Å². The van der Waals surface area contributed by atoms with E-state index in [2.05, 4.69) is 10.0 Å². The quantitative estimate of drug-likeness (QED) is 0.549. The average Bonchev–Trinajstić information content (AvgIpc) is 2.62. The molecule has 0 heterocycles. The molecular formula is C17H19N3O6S. The molecular weight excluding hydrogens is 374 g/mol. The number of hydrogen-bond donors (Lipinski definition) is 2. The van der Waals surface area contributed by atoms with Gasteiger partial charge in [0.2, 0.25) is 10.0 Å². The Morgan fingerprint density at radius 2 is 1.93 bits per heavy atom. The highest BCUT2D eigenvalue weighted by atomic mass is 32.2. The van der Waals surface area contributed by atoms with Crippen LogP contribution >= 0.6 is 0 Å². The number of hydrogen-bond acceptors (Lipinski definition) is 6. The van der Waals surface area contributed by atoms with Crippen molar-refractivity contribution in [3.05, 3.63) is 57.6 Å². The number of methoxy groups -OCH3 is 1. The van der Waals surface area contributed by atoms with E-state index in [1.54, 1.807) is 13.8 Å². The molecule has 0 atom stereocenters. The van der Waals surface area contributed by atoms with Gasteiger partial charge in [0, 0.05) is 24.2 Å².